The summed E-state index contributed by atoms with van der Waals surface area (Å²) in [6.07, 6.45) is 3.25. The van der Waals surface area contributed by atoms with Crippen molar-refractivity contribution in [2.24, 2.45) is 0 Å². The number of hydrogen-bond donors (Lipinski definition) is 1. The van der Waals surface area contributed by atoms with Gasteiger partial charge in [-0.05, 0) is 35.6 Å². The summed E-state index contributed by atoms with van der Waals surface area (Å²) in [5.74, 6) is -0.0356. The predicted octanol–water partition coefficient (Wildman–Crippen LogP) is 4.07. The Kier molecular flexibility index (Phi) is 5.06. The molecular formula is C20H19NO3. The van der Waals surface area contributed by atoms with Crippen LogP contribution >= 0.6 is 0 Å². The van der Waals surface area contributed by atoms with Gasteiger partial charge in [-0.25, -0.2) is 0 Å². The molecule has 0 spiro atoms. The standard InChI is InChI=1S/C20H19NO3/c22-20(23)6-3-13-24-17-9-7-15(8-10-17)14-19-18-5-2-1-4-16(18)11-12-21-19/h1-2,4-5,7-12H,3,6,13-14H2,(H,22,23). The minimum atomic E-state index is -0.795. The van der Waals surface area contributed by atoms with Crippen molar-refractivity contribution < 1.29 is 14.6 Å². The van der Waals surface area contributed by atoms with Gasteiger partial charge in [-0.15, -0.1) is 0 Å². The third-order valence-corrected chi connectivity index (χ3v) is 3.85. The van der Waals surface area contributed by atoms with E-state index in [1.165, 1.54) is 10.8 Å². The van der Waals surface area contributed by atoms with Gasteiger partial charge in [-0.2, -0.15) is 0 Å². The highest BCUT2D eigenvalue weighted by Gasteiger charge is 2.04. The van der Waals surface area contributed by atoms with E-state index in [1.807, 2.05) is 48.7 Å². The first kappa shape index (κ1) is 16.0. The molecule has 2 aromatic carbocycles. The van der Waals surface area contributed by atoms with Crippen molar-refractivity contribution in [1.29, 1.82) is 0 Å². The summed E-state index contributed by atoms with van der Waals surface area (Å²) in [6, 6.07) is 18.2. The van der Waals surface area contributed by atoms with Crippen LogP contribution in [-0.4, -0.2) is 22.7 Å². The van der Waals surface area contributed by atoms with Crippen molar-refractivity contribution in [3.8, 4) is 5.75 Å². The van der Waals surface area contributed by atoms with Gasteiger partial charge in [0.15, 0.2) is 0 Å². The van der Waals surface area contributed by atoms with Crippen LogP contribution in [0.2, 0.25) is 0 Å². The maximum atomic E-state index is 10.5. The van der Waals surface area contributed by atoms with E-state index in [1.54, 1.807) is 0 Å². The highest BCUT2D eigenvalue weighted by atomic mass is 16.5. The van der Waals surface area contributed by atoms with Gasteiger partial charge in [0.1, 0.15) is 5.75 Å². The summed E-state index contributed by atoms with van der Waals surface area (Å²) in [5.41, 5.74) is 2.22. The quantitative estimate of drug-likeness (QED) is 0.666. The highest BCUT2D eigenvalue weighted by Crippen LogP contribution is 2.20. The number of aromatic nitrogens is 1. The second-order valence-electron chi connectivity index (χ2n) is 5.65. The second-order valence-corrected chi connectivity index (χ2v) is 5.65. The normalized spacial score (nSPS) is 10.7. The van der Waals surface area contributed by atoms with Crippen molar-refractivity contribution >= 4 is 16.7 Å². The lowest BCUT2D eigenvalue weighted by molar-refractivity contribution is -0.137. The number of pyridine rings is 1. The van der Waals surface area contributed by atoms with E-state index in [0.717, 1.165) is 23.4 Å². The van der Waals surface area contributed by atoms with Crippen molar-refractivity contribution in [3.63, 3.8) is 0 Å². The Morgan fingerprint density at radius 2 is 1.83 bits per heavy atom. The smallest absolute Gasteiger partial charge is 0.303 e. The van der Waals surface area contributed by atoms with Crippen molar-refractivity contribution in [2.45, 2.75) is 19.3 Å². The molecule has 0 aliphatic rings. The van der Waals surface area contributed by atoms with Crippen LogP contribution in [0.1, 0.15) is 24.1 Å². The number of hydrogen-bond acceptors (Lipinski definition) is 3. The molecule has 1 N–H and O–H groups in total. The molecule has 0 bridgehead atoms. The number of fused-ring (bicyclic) bond motifs is 1. The lowest BCUT2D eigenvalue weighted by Crippen LogP contribution is -2.02. The van der Waals surface area contributed by atoms with Crippen LogP contribution in [0.5, 0.6) is 5.75 Å². The third kappa shape index (κ3) is 4.10. The first-order valence-corrected chi connectivity index (χ1v) is 7.98. The van der Waals surface area contributed by atoms with Crippen LogP contribution in [0.15, 0.2) is 60.8 Å². The Labute approximate surface area is 140 Å². The van der Waals surface area contributed by atoms with Crippen molar-refractivity contribution in [2.75, 3.05) is 6.61 Å². The van der Waals surface area contributed by atoms with Gasteiger partial charge >= 0.3 is 5.97 Å². The molecule has 0 amide bonds. The number of rotatable bonds is 7. The Balaban J connectivity index is 1.64. The highest BCUT2D eigenvalue weighted by molar-refractivity contribution is 5.84. The van der Waals surface area contributed by atoms with E-state index in [4.69, 9.17) is 9.84 Å². The molecule has 0 saturated carbocycles. The summed E-state index contributed by atoms with van der Waals surface area (Å²) in [4.78, 5) is 15.0. The molecule has 1 heterocycles. The molecule has 122 valence electrons. The Morgan fingerprint density at radius 1 is 1.04 bits per heavy atom. The first-order chi connectivity index (χ1) is 11.7. The summed E-state index contributed by atoms with van der Waals surface area (Å²) >= 11 is 0. The fourth-order valence-electron chi connectivity index (χ4n) is 2.63. The van der Waals surface area contributed by atoms with E-state index < -0.39 is 5.97 Å². The number of carboxylic acids is 1. The monoisotopic (exact) mass is 321 g/mol. The van der Waals surface area contributed by atoms with Crippen molar-refractivity contribution in [3.05, 3.63) is 72.1 Å². The molecule has 0 aliphatic carbocycles. The van der Waals surface area contributed by atoms with Crippen LogP contribution in [-0.2, 0) is 11.2 Å². The molecule has 3 aromatic rings. The molecule has 1 aromatic heterocycles. The van der Waals surface area contributed by atoms with Gasteiger partial charge in [0.25, 0.3) is 0 Å². The number of aliphatic carboxylic acids is 1. The zero-order chi connectivity index (χ0) is 16.8. The summed E-state index contributed by atoms with van der Waals surface area (Å²) in [7, 11) is 0. The van der Waals surface area contributed by atoms with E-state index in [9.17, 15) is 4.79 Å². The summed E-state index contributed by atoms with van der Waals surface area (Å²) in [5, 5.41) is 11.0. The molecular weight excluding hydrogens is 302 g/mol. The third-order valence-electron chi connectivity index (χ3n) is 3.85. The topological polar surface area (TPSA) is 59.4 Å². The number of ether oxygens (including phenoxy) is 1. The number of carbonyl (C=O) groups is 1. The zero-order valence-electron chi connectivity index (χ0n) is 13.3. The van der Waals surface area contributed by atoms with E-state index in [-0.39, 0.29) is 6.42 Å². The van der Waals surface area contributed by atoms with Gasteiger partial charge in [-0.3, -0.25) is 9.78 Å². The van der Waals surface area contributed by atoms with Gasteiger partial charge in [0.2, 0.25) is 0 Å². The maximum Gasteiger partial charge on any atom is 0.303 e. The molecule has 3 rings (SSSR count). The summed E-state index contributed by atoms with van der Waals surface area (Å²) < 4.78 is 5.55. The number of benzene rings is 2. The average molecular weight is 321 g/mol. The first-order valence-electron chi connectivity index (χ1n) is 7.98. The van der Waals surface area contributed by atoms with Gasteiger partial charge in [0, 0.05) is 24.4 Å². The van der Waals surface area contributed by atoms with Crippen LogP contribution in [0, 0.1) is 0 Å². The minimum absolute atomic E-state index is 0.130. The number of carboxylic acid groups (broad SMARTS) is 1. The Morgan fingerprint density at radius 3 is 2.62 bits per heavy atom. The molecule has 4 nitrogen and oxygen atoms in total. The SMILES string of the molecule is O=C(O)CCCOc1ccc(Cc2nccc3ccccc23)cc1. The fourth-order valence-corrected chi connectivity index (χ4v) is 2.63. The van der Waals surface area contributed by atoms with Crippen LogP contribution in [0.25, 0.3) is 10.8 Å². The lowest BCUT2D eigenvalue weighted by atomic mass is 10.0. The van der Waals surface area contributed by atoms with Crippen LogP contribution in [0.3, 0.4) is 0 Å². The largest absolute Gasteiger partial charge is 0.494 e. The van der Waals surface area contributed by atoms with Crippen LogP contribution < -0.4 is 4.74 Å². The Bertz CT molecular complexity index is 822. The maximum absolute atomic E-state index is 10.5. The number of nitrogens with zero attached hydrogens (tertiary/aromatic N) is 1. The lowest BCUT2D eigenvalue weighted by Gasteiger charge is -2.08. The molecule has 0 atom stereocenters. The molecule has 0 saturated heterocycles. The van der Waals surface area contributed by atoms with Crippen LogP contribution in [0.4, 0.5) is 0 Å². The molecule has 0 fully saturated rings. The zero-order valence-corrected chi connectivity index (χ0v) is 13.3. The molecule has 4 heteroatoms. The molecule has 0 aliphatic heterocycles. The Hall–Kier alpha value is -2.88. The van der Waals surface area contributed by atoms with Gasteiger partial charge in [0.05, 0.1) is 12.3 Å². The van der Waals surface area contributed by atoms with E-state index >= 15 is 0 Å². The molecule has 0 unspecified atom stereocenters. The van der Waals surface area contributed by atoms with Crippen molar-refractivity contribution in [1.82, 2.24) is 4.98 Å². The van der Waals surface area contributed by atoms with E-state index in [0.29, 0.717) is 13.0 Å². The molecule has 0 radical (unpaired) electrons. The second kappa shape index (κ2) is 7.59. The van der Waals surface area contributed by atoms with E-state index in [2.05, 4.69) is 17.1 Å². The predicted molar refractivity (Wildman–Crippen MR) is 93.4 cm³/mol. The average Bonchev–Trinajstić information content (AvgIpc) is 2.60. The fraction of sp³-hybridized carbons (Fsp3) is 0.200. The molecule has 24 heavy (non-hydrogen) atoms. The van der Waals surface area contributed by atoms with Gasteiger partial charge in [-0.1, -0.05) is 36.4 Å². The summed E-state index contributed by atoms with van der Waals surface area (Å²) in [6.45, 7) is 0.413. The van der Waals surface area contributed by atoms with Gasteiger partial charge < -0.3 is 9.84 Å². The minimum Gasteiger partial charge on any atom is -0.494 e.